The zero-order valence-corrected chi connectivity index (χ0v) is 14.3. The van der Waals surface area contributed by atoms with Gasteiger partial charge in [-0.1, -0.05) is 6.07 Å². The van der Waals surface area contributed by atoms with Crippen molar-refractivity contribution >= 4 is 17.5 Å². The van der Waals surface area contributed by atoms with Crippen LogP contribution in [0.25, 0.3) is 0 Å². The van der Waals surface area contributed by atoms with Crippen LogP contribution in [0.15, 0.2) is 18.2 Å². The van der Waals surface area contributed by atoms with Crippen molar-refractivity contribution in [2.75, 3.05) is 24.7 Å². The van der Waals surface area contributed by atoms with Crippen LogP contribution in [-0.4, -0.2) is 48.6 Å². The van der Waals surface area contributed by atoms with Gasteiger partial charge in [0.25, 0.3) is 0 Å². The van der Waals surface area contributed by atoms with Crippen molar-refractivity contribution < 1.29 is 14.3 Å². The number of aryl methyl sites for hydroxylation is 2. The molecule has 3 saturated heterocycles. The zero-order valence-electron chi connectivity index (χ0n) is 14.3. The van der Waals surface area contributed by atoms with Crippen LogP contribution < -0.4 is 4.90 Å². The molecule has 5 heteroatoms. The maximum absolute atomic E-state index is 13.0. The van der Waals surface area contributed by atoms with Crippen molar-refractivity contribution in [3.05, 3.63) is 29.3 Å². The molecule has 0 aromatic heterocycles. The highest BCUT2D eigenvalue weighted by molar-refractivity contribution is 6.00. The molecule has 5 nitrogen and oxygen atoms in total. The van der Waals surface area contributed by atoms with E-state index < -0.39 is 0 Å². The summed E-state index contributed by atoms with van der Waals surface area (Å²) in [4.78, 5) is 29.3. The Morgan fingerprint density at radius 2 is 1.83 bits per heavy atom. The Labute approximate surface area is 142 Å². The Hall–Kier alpha value is -1.88. The fraction of sp³-hybridized carbons (Fsp3) is 0.579. The Morgan fingerprint density at radius 1 is 1.12 bits per heavy atom. The zero-order chi connectivity index (χ0) is 16.8. The summed E-state index contributed by atoms with van der Waals surface area (Å²) in [6.45, 7) is 5.89. The summed E-state index contributed by atoms with van der Waals surface area (Å²) in [5, 5.41) is 0. The second-order valence-corrected chi connectivity index (χ2v) is 7.34. The summed E-state index contributed by atoms with van der Waals surface area (Å²) in [7, 11) is 0. The molecule has 4 rings (SSSR count). The summed E-state index contributed by atoms with van der Waals surface area (Å²) in [5.74, 6) is -0.0250. The molecule has 2 bridgehead atoms. The van der Waals surface area contributed by atoms with Gasteiger partial charge in [0.15, 0.2) is 0 Å². The number of fused-ring (bicyclic) bond motifs is 2. The van der Waals surface area contributed by atoms with Crippen molar-refractivity contribution in [3.63, 3.8) is 0 Å². The molecule has 0 aliphatic carbocycles. The van der Waals surface area contributed by atoms with E-state index >= 15 is 0 Å². The van der Waals surface area contributed by atoms with E-state index in [9.17, 15) is 9.59 Å². The summed E-state index contributed by atoms with van der Waals surface area (Å²) < 4.78 is 5.56. The number of hydrogen-bond acceptors (Lipinski definition) is 3. The van der Waals surface area contributed by atoms with Crippen molar-refractivity contribution in [1.82, 2.24) is 4.90 Å². The molecule has 24 heavy (non-hydrogen) atoms. The summed E-state index contributed by atoms with van der Waals surface area (Å²) in [6.07, 6.45) is 2.37. The first kappa shape index (κ1) is 15.6. The number of anilines is 1. The fourth-order valence-electron chi connectivity index (χ4n) is 4.22. The Bertz CT molecular complexity index is 671. The molecule has 0 N–H and O–H groups in total. The Kier molecular flexibility index (Phi) is 3.83. The Balaban J connectivity index is 1.51. The average Bonchev–Trinajstić information content (AvgIpc) is 3.07. The van der Waals surface area contributed by atoms with Gasteiger partial charge in [-0.2, -0.15) is 0 Å². The molecule has 3 atom stereocenters. The fourth-order valence-corrected chi connectivity index (χ4v) is 4.22. The predicted octanol–water partition coefficient (Wildman–Crippen LogP) is 2.05. The van der Waals surface area contributed by atoms with E-state index in [1.165, 1.54) is 11.1 Å². The molecule has 3 aliphatic heterocycles. The van der Waals surface area contributed by atoms with Crippen molar-refractivity contribution in [3.8, 4) is 0 Å². The van der Waals surface area contributed by atoms with E-state index in [0.717, 1.165) is 18.5 Å². The lowest BCUT2D eigenvalue weighted by Crippen LogP contribution is -2.51. The van der Waals surface area contributed by atoms with Crippen LogP contribution in [0.3, 0.4) is 0 Å². The van der Waals surface area contributed by atoms with Crippen LogP contribution in [0.2, 0.25) is 0 Å². The first-order chi connectivity index (χ1) is 11.5. The van der Waals surface area contributed by atoms with Gasteiger partial charge < -0.3 is 14.5 Å². The number of nitrogens with zero attached hydrogens (tertiary/aromatic N) is 2. The van der Waals surface area contributed by atoms with E-state index in [1.54, 1.807) is 4.90 Å². The van der Waals surface area contributed by atoms with Gasteiger partial charge in [0.2, 0.25) is 11.8 Å². The molecule has 0 radical (unpaired) electrons. The lowest BCUT2D eigenvalue weighted by molar-refractivity contribution is -0.145. The molecular weight excluding hydrogens is 304 g/mol. The first-order valence-electron chi connectivity index (χ1n) is 8.82. The molecular formula is C19H24N2O3. The minimum absolute atomic E-state index is 0.0530. The van der Waals surface area contributed by atoms with Crippen LogP contribution in [0, 0.1) is 19.8 Å². The molecule has 3 heterocycles. The summed E-state index contributed by atoms with van der Waals surface area (Å²) in [6, 6.07) is 6.48. The molecule has 128 valence electrons. The molecule has 0 unspecified atom stereocenters. The molecule has 1 aromatic carbocycles. The van der Waals surface area contributed by atoms with Gasteiger partial charge >= 0.3 is 0 Å². The molecule has 1 aromatic rings. The third kappa shape index (κ3) is 2.51. The quantitative estimate of drug-likeness (QED) is 0.835. The molecule has 0 spiro atoms. The van der Waals surface area contributed by atoms with Gasteiger partial charge in [0.05, 0.1) is 31.2 Å². The Morgan fingerprint density at radius 3 is 2.50 bits per heavy atom. The third-order valence-electron chi connectivity index (χ3n) is 5.77. The third-order valence-corrected chi connectivity index (χ3v) is 5.77. The molecule has 3 fully saturated rings. The molecule has 2 amide bonds. The van der Waals surface area contributed by atoms with Gasteiger partial charge in [-0.05, 0) is 49.9 Å². The monoisotopic (exact) mass is 328 g/mol. The minimum atomic E-state index is -0.222. The van der Waals surface area contributed by atoms with Crippen LogP contribution in [0.1, 0.15) is 30.4 Å². The number of carbonyl (C=O) groups excluding carboxylic acids is 2. The van der Waals surface area contributed by atoms with Crippen LogP contribution >= 0.6 is 0 Å². The largest absolute Gasteiger partial charge is 0.377 e. The van der Waals surface area contributed by atoms with E-state index in [2.05, 4.69) is 6.92 Å². The molecule has 0 saturated carbocycles. The maximum atomic E-state index is 13.0. The maximum Gasteiger partial charge on any atom is 0.228 e. The number of hydrogen-bond donors (Lipinski definition) is 0. The number of morpholine rings is 1. The SMILES string of the molecule is Cc1ccc(N2C[C@@H](C(=O)N3[C@@H]4CC[C@@H]3COC4)CC2=O)cc1C. The van der Waals surface area contributed by atoms with Gasteiger partial charge in [-0.15, -0.1) is 0 Å². The highest BCUT2D eigenvalue weighted by atomic mass is 16.5. The number of ether oxygens (including phenoxy) is 1. The van der Waals surface area contributed by atoms with Crippen molar-refractivity contribution in [2.45, 2.75) is 45.2 Å². The van der Waals surface area contributed by atoms with Crippen molar-refractivity contribution in [1.29, 1.82) is 0 Å². The smallest absolute Gasteiger partial charge is 0.228 e. The highest BCUT2D eigenvalue weighted by Crippen LogP contribution is 2.33. The normalized spacial score (nSPS) is 29.4. The van der Waals surface area contributed by atoms with Gasteiger partial charge in [0, 0.05) is 18.7 Å². The lowest BCUT2D eigenvalue weighted by atomic mass is 10.1. The minimum Gasteiger partial charge on any atom is -0.377 e. The first-order valence-corrected chi connectivity index (χ1v) is 8.82. The topological polar surface area (TPSA) is 49.9 Å². The van der Waals surface area contributed by atoms with E-state index in [1.807, 2.05) is 30.0 Å². The number of benzene rings is 1. The number of amides is 2. The predicted molar refractivity (Wildman–Crippen MR) is 90.9 cm³/mol. The number of rotatable bonds is 2. The average molecular weight is 328 g/mol. The molecule has 3 aliphatic rings. The lowest BCUT2D eigenvalue weighted by Gasteiger charge is -2.36. The van der Waals surface area contributed by atoms with E-state index in [4.69, 9.17) is 4.74 Å². The van der Waals surface area contributed by atoms with E-state index in [-0.39, 0.29) is 29.8 Å². The van der Waals surface area contributed by atoms with Crippen LogP contribution in [-0.2, 0) is 14.3 Å². The van der Waals surface area contributed by atoms with Gasteiger partial charge in [0.1, 0.15) is 0 Å². The second-order valence-electron chi connectivity index (χ2n) is 7.34. The van der Waals surface area contributed by atoms with Gasteiger partial charge in [-0.3, -0.25) is 9.59 Å². The van der Waals surface area contributed by atoms with Gasteiger partial charge in [-0.25, -0.2) is 0 Å². The van der Waals surface area contributed by atoms with Crippen LogP contribution in [0.5, 0.6) is 0 Å². The summed E-state index contributed by atoms with van der Waals surface area (Å²) in [5.41, 5.74) is 3.28. The summed E-state index contributed by atoms with van der Waals surface area (Å²) >= 11 is 0. The van der Waals surface area contributed by atoms with Crippen LogP contribution in [0.4, 0.5) is 5.69 Å². The standard InChI is InChI=1S/C19H24N2O3/c1-12-3-4-15(7-13(12)2)20-9-14(8-18(20)22)19(23)21-16-5-6-17(21)11-24-10-16/h3-4,7,14,16-17H,5-6,8-11H2,1-2H3/t14-,16+,17+/m0/s1. The second kappa shape index (κ2) is 5.88. The van der Waals surface area contributed by atoms with Crippen molar-refractivity contribution in [2.24, 2.45) is 5.92 Å². The number of carbonyl (C=O) groups is 2. The highest BCUT2D eigenvalue weighted by Gasteiger charge is 2.45. The van der Waals surface area contributed by atoms with E-state index in [0.29, 0.717) is 26.2 Å².